The van der Waals surface area contributed by atoms with Crippen molar-refractivity contribution in [2.45, 2.75) is 51.7 Å². The Morgan fingerprint density at radius 2 is 2.12 bits per heavy atom. The van der Waals surface area contributed by atoms with Gasteiger partial charge >= 0.3 is 6.03 Å². The Kier molecular flexibility index (Phi) is 5.47. The van der Waals surface area contributed by atoms with E-state index in [1.54, 1.807) is 0 Å². The van der Waals surface area contributed by atoms with E-state index >= 15 is 0 Å². The van der Waals surface area contributed by atoms with Crippen LogP contribution in [0.3, 0.4) is 0 Å². The first kappa shape index (κ1) is 18.0. The molecule has 3 heterocycles. The van der Waals surface area contributed by atoms with E-state index in [9.17, 15) is 4.79 Å². The second-order valence-electron chi connectivity index (χ2n) is 7.42. The third kappa shape index (κ3) is 4.42. The predicted molar refractivity (Wildman–Crippen MR) is 99.0 cm³/mol. The van der Waals surface area contributed by atoms with Gasteiger partial charge in [0.15, 0.2) is 0 Å². The number of hydrogen-bond acceptors (Lipinski definition) is 4. The number of urea groups is 1. The SMILES string of the molecule is CCC1(C)CN(C(=O)NC2CCN(c3cccc(C)n3)CC2)CCO1. The number of carbonyl (C=O) groups is 1. The number of piperidine rings is 1. The number of nitrogens with zero attached hydrogens (tertiary/aromatic N) is 3. The number of hydrogen-bond donors (Lipinski definition) is 1. The van der Waals surface area contributed by atoms with E-state index in [0.717, 1.165) is 43.9 Å². The Labute approximate surface area is 150 Å². The zero-order valence-electron chi connectivity index (χ0n) is 15.6. The lowest BCUT2D eigenvalue weighted by Gasteiger charge is -2.41. The number of morpholine rings is 1. The summed E-state index contributed by atoms with van der Waals surface area (Å²) in [6.45, 7) is 10.0. The Morgan fingerprint density at radius 3 is 2.80 bits per heavy atom. The van der Waals surface area contributed by atoms with Crippen molar-refractivity contribution in [1.82, 2.24) is 15.2 Å². The third-order valence-corrected chi connectivity index (χ3v) is 5.39. The molecule has 0 aliphatic carbocycles. The van der Waals surface area contributed by atoms with Gasteiger partial charge in [-0.15, -0.1) is 0 Å². The molecule has 0 saturated carbocycles. The van der Waals surface area contributed by atoms with Crippen molar-refractivity contribution in [2.24, 2.45) is 0 Å². The standard InChI is InChI=1S/C19H30N4O2/c1-4-19(3)14-23(12-13-25-19)18(24)21-16-8-10-22(11-9-16)17-7-5-6-15(2)20-17/h5-7,16H,4,8-14H2,1-3H3,(H,21,24). The van der Waals surface area contributed by atoms with Crippen LogP contribution in [0.15, 0.2) is 18.2 Å². The minimum Gasteiger partial charge on any atom is -0.372 e. The summed E-state index contributed by atoms with van der Waals surface area (Å²) in [5.41, 5.74) is 0.828. The first-order valence-electron chi connectivity index (χ1n) is 9.37. The summed E-state index contributed by atoms with van der Waals surface area (Å²) in [5.74, 6) is 1.04. The molecule has 6 nitrogen and oxygen atoms in total. The number of ether oxygens (including phenoxy) is 1. The Bertz CT molecular complexity index is 601. The van der Waals surface area contributed by atoms with Crippen LogP contribution >= 0.6 is 0 Å². The number of amides is 2. The van der Waals surface area contributed by atoms with Crippen LogP contribution in [0, 0.1) is 6.92 Å². The molecule has 2 aliphatic rings. The lowest BCUT2D eigenvalue weighted by molar-refractivity contribution is -0.0874. The first-order valence-corrected chi connectivity index (χ1v) is 9.37. The van der Waals surface area contributed by atoms with Crippen molar-refractivity contribution in [3.05, 3.63) is 23.9 Å². The topological polar surface area (TPSA) is 57.7 Å². The molecule has 0 aromatic carbocycles. The molecule has 0 spiro atoms. The molecular formula is C19H30N4O2. The number of carbonyl (C=O) groups excluding carboxylic acids is 1. The molecule has 2 aliphatic heterocycles. The predicted octanol–water partition coefficient (Wildman–Crippen LogP) is 2.57. The quantitative estimate of drug-likeness (QED) is 0.914. The molecule has 1 aromatic rings. The van der Waals surface area contributed by atoms with Crippen molar-refractivity contribution >= 4 is 11.8 Å². The molecule has 1 unspecified atom stereocenters. The molecule has 3 rings (SSSR count). The second-order valence-corrected chi connectivity index (χ2v) is 7.42. The molecule has 1 atom stereocenters. The van der Waals surface area contributed by atoms with E-state index in [1.807, 2.05) is 17.9 Å². The van der Waals surface area contributed by atoms with Gasteiger partial charge in [-0.05, 0) is 45.2 Å². The molecular weight excluding hydrogens is 316 g/mol. The summed E-state index contributed by atoms with van der Waals surface area (Å²) in [6.07, 6.45) is 2.83. The molecule has 138 valence electrons. The minimum atomic E-state index is -0.213. The van der Waals surface area contributed by atoms with Gasteiger partial charge in [0, 0.05) is 31.4 Å². The first-order chi connectivity index (χ1) is 12.0. The lowest BCUT2D eigenvalue weighted by Crippen LogP contribution is -2.56. The van der Waals surface area contributed by atoms with Crippen LogP contribution in [0.2, 0.25) is 0 Å². The van der Waals surface area contributed by atoms with Crippen molar-refractivity contribution in [2.75, 3.05) is 37.7 Å². The van der Waals surface area contributed by atoms with E-state index in [4.69, 9.17) is 4.74 Å². The number of aryl methyl sites for hydroxylation is 1. The lowest BCUT2D eigenvalue weighted by atomic mass is 10.0. The molecule has 1 N–H and O–H groups in total. The highest BCUT2D eigenvalue weighted by molar-refractivity contribution is 5.74. The van der Waals surface area contributed by atoms with Gasteiger partial charge in [0.25, 0.3) is 0 Å². The summed E-state index contributed by atoms with van der Waals surface area (Å²) >= 11 is 0. The molecule has 0 bridgehead atoms. The van der Waals surface area contributed by atoms with Gasteiger partial charge < -0.3 is 19.9 Å². The summed E-state index contributed by atoms with van der Waals surface area (Å²) in [5, 5.41) is 3.22. The Hall–Kier alpha value is -1.82. The largest absolute Gasteiger partial charge is 0.372 e. The average Bonchev–Trinajstić information content (AvgIpc) is 2.62. The van der Waals surface area contributed by atoms with Crippen LogP contribution in [0.5, 0.6) is 0 Å². The van der Waals surface area contributed by atoms with Gasteiger partial charge in [0.1, 0.15) is 5.82 Å². The smallest absolute Gasteiger partial charge is 0.317 e. The fourth-order valence-electron chi connectivity index (χ4n) is 3.54. The summed E-state index contributed by atoms with van der Waals surface area (Å²) in [4.78, 5) is 21.4. The van der Waals surface area contributed by atoms with Crippen LogP contribution in [-0.4, -0.2) is 60.3 Å². The maximum Gasteiger partial charge on any atom is 0.317 e. The monoisotopic (exact) mass is 346 g/mol. The van der Waals surface area contributed by atoms with Crippen molar-refractivity contribution < 1.29 is 9.53 Å². The van der Waals surface area contributed by atoms with Gasteiger partial charge in [-0.3, -0.25) is 0 Å². The van der Waals surface area contributed by atoms with E-state index in [0.29, 0.717) is 19.7 Å². The third-order valence-electron chi connectivity index (χ3n) is 5.39. The zero-order chi connectivity index (χ0) is 17.9. The maximum absolute atomic E-state index is 12.6. The Balaban J connectivity index is 1.49. The molecule has 2 amide bonds. The molecule has 1 aromatic heterocycles. The highest BCUT2D eigenvalue weighted by Gasteiger charge is 2.33. The molecule has 2 saturated heterocycles. The van der Waals surface area contributed by atoms with E-state index in [1.165, 1.54) is 0 Å². The summed E-state index contributed by atoms with van der Waals surface area (Å²) < 4.78 is 5.82. The normalized spacial score (nSPS) is 25.1. The summed E-state index contributed by atoms with van der Waals surface area (Å²) in [6, 6.07) is 6.42. The van der Waals surface area contributed by atoms with E-state index < -0.39 is 0 Å². The zero-order valence-corrected chi connectivity index (χ0v) is 15.6. The van der Waals surface area contributed by atoms with E-state index in [2.05, 4.69) is 41.2 Å². The van der Waals surface area contributed by atoms with Gasteiger partial charge in [-0.25, -0.2) is 9.78 Å². The van der Waals surface area contributed by atoms with Crippen LogP contribution in [0.25, 0.3) is 0 Å². The fraction of sp³-hybridized carbons (Fsp3) is 0.684. The van der Waals surface area contributed by atoms with Crippen LogP contribution < -0.4 is 10.2 Å². The van der Waals surface area contributed by atoms with Crippen LogP contribution in [0.4, 0.5) is 10.6 Å². The number of rotatable bonds is 3. The number of nitrogens with one attached hydrogen (secondary N) is 1. The van der Waals surface area contributed by atoms with Crippen LogP contribution in [-0.2, 0) is 4.74 Å². The van der Waals surface area contributed by atoms with Crippen molar-refractivity contribution in [3.8, 4) is 0 Å². The second kappa shape index (κ2) is 7.60. The Morgan fingerprint density at radius 1 is 1.36 bits per heavy atom. The highest BCUT2D eigenvalue weighted by atomic mass is 16.5. The van der Waals surface area contributed by atoms with Gasteiger partial charge in [-0.2, -0.15) is 0 Å². The van der Waals surface area contributed by atoms with E-state index in [-0.39, 0.29) is 17.7 Å². The molecule has 2 fully saturated rings. The average molecular weight is 346 g/mol. The highest BCUT2D eigenvalue weighted by Crippen LogP contribution is 2.22. The van der Waals surface area contributed by atoms with Gasteiger partial charge in [0.2, 0.25) is 0 Å². The number of pyridine rings is 1. The van der Waals surface area contributed by atoms with Crippen molar-refractivity contribution in [1.29, 1.82) is 0 Å². The molecule has 6 heteroatoms. The van der Waals surface area contributed by atoms with Gasteiger partial charge in [0.05, 0.1) is 18.8 Å². The van der Waals surface area contributed by atoms with Crippen LogP contribution in [0.1, 0.15) is 38.8 Å². The maximum atomic E-state index is 12.6. The van der Waals surface area contributed by atoms with Gasteiger partial charge in [-0.1, -0.05) is 13.0 Å². The number of anilines is 1. The van der Waals surface area contributed by atoms with Crippen molar-refractivity contribution in [3.63, 3.8) is 0 Å². The minimum absolute atomic E-state index is 0.0510. The summed E-state index contributed by atoms with van der Waals surface area (Å²) in [7, 11) is 0. The number of aromatic nitrogens is 1. The molecule has 25 heavy (non-hydrogen) atoms. The fourth-order valence-corrected chi connectivity index (χ4v) is 3.54. The molecule has 0 radical (unpaired) electrons.